The van der Waals surface area contributed by atoms with Gasteiger partial charge in [-0.1, -0.05) is 0 Å². The van der Waals surface area contributed by atoms with Gasteiger partial charge in [-0.05, 0) is 23.8 Å². The first-order valence-electron chi connectivity index (χ1n) is 8.90. The third-order valence-corrected chi connectivity index (χ3v) is 4.58. The van der Waals surface area contributed by atoms with Crippen molar-refractivity contribution in [2.75, 3.05) is 24.2 Å². The first-order valence-corrected chi connectivity index (χ1v) is 8.90. The summed E-state index contributed by atoms with van der Waals surface area (Å²) >= 11 is 0. The van der Waals surface area contributed by atoms with Crippen molar-refractivity contribution < 1.29 is 4.74 Å². The van der Waals surface area contributed by atoms with E-state index in [2.05, 4.69) is 32.2 Å². The summed E-state index contributed by atoms with van der Waals surface area (Å²) in [6.45, 7) is 1.94. The highest BCUT2D eigenvalue weighted by Crippen LogP contribution is 2.28. The van der Waals surface area contributed by atoms with Gasteiger partial charge in [-0.25, -0.2) is 14.5 Å². The molecule has 0 atom stereocenters. The third kappa shape index (κ3) is 3.04. The van der Waals surface area contributed by atoms with E-state index in [1.165, 1.54) is 0 Å². The first-order chi connectivity index (χ1) is 13.8. The van der Waals surface area contributed by atoms with E-state index in [0.717, 1.165) is 28.2 Å². The summed E-state index contributed by atoms with van der Waals surface area (Å²) in [6.07, 6.45) is 9.22. The zero-order valence-corrected chi connectivity index (χ0v) is 15.3. The molecule has 0 saturated carbocycles. The number of hydrogen-bond donors (Lipinski definition) is 2. The summed E-state index contributed by atoms with van der Waals surface area (Å²) < 4.78 is 8.77. The molecule has 0 amide bonds. The van der Waals surface area contributed by atoms with E-state index in [-0.39, 0.29) is 0 Å². The topological polar surface area (TPSA) is 97.4 Å². The molecule has 4 aromatic rings. The SMILES string of the molecule is COCCn1cc(-c2cnc3c(n2)N(Cc2ccn4nccc4c2)NN3)cn1. The van der Waals surface area contributed by atoms with Crippen molar-refractivity contribution in [1.29, 1.82) is 0 Å². The van der Waals surface area contributed by atoms with E-state index < -0.39 is 0 Å². The van der Waals surface area contributed by atoms with Gasteiger partial charge in [0.1, 0.15) is 0 Å². The molecule has 1 aliphatic heterocycles. The minimum absolute atomic E-state index is 0.611. The average Bonchev–Trinajstić information content (AvgIpc) is 3.46. The van der Waals surface area contributed by atoms with Gasteiger partial charge in [0, 0.05) is 31.3 Å². The normalized spacial score (nSPS) is 13.1. The maximum absolute atomic E-state index is 5.10. The van der Waals surface area contributed by atoms with E-state index in [9.17, 15) is 0 Å². The highest BCUT2D eigenvalue weighted by Gasteiger charge is 2.23. The van der Waals surface area contributed by atoms with E-state index in [4.69, 9.17) is 9.72 Å². The van der Waals surface area contributed by atoms with Crippen LogP contribution >= 0.6 is 0 Å². The number of rotatable bonds is 6. The lowest BCUT2D eigenvalue weighted by Gasteiger charge is -2.17. The predicted molar refractivity (Wildman–Crippen MR) is 103 cm³/mol. The first kappa shape index (κ1) is 16.7. The molecule has 0 aromatic carbocycles. The molecule has 0 aliphatic carbocycles. The van der Waals surface area contributed by atoms with Crippen molar-refractivity contribution in [3.63, 3.8) is 0 Å². The molecule has 0 bridgehead atoms. The second-order valence-corrected chi connectivity index (χ2v) is 6.47. The molecule has 10 nitrogen and oxygen atoms in total. The van der Waals surface area contributed by atoms with Crippen LogP contribution in [0, 0.1) is 0 Å². The number of nitrogens with zero attached hydrogens (tertiary/aromatic N) is 7. The fraction of sp³-hybridized carbons (Fsp3) is 0.222. The monoisotopic (exact) mass is 377 g/mol. The Labute approximate surface area is 160 Å². The zero-order valence-electron chi connectivity index (χ0n) is 15.3. The molecule has 2 N–H and O–H groups in total. The Morgan fingerprint density at radius 2 is 2.14 bits per heavy atom. The predicted octanol–water partition coefficient (Wildman–Crippen LogP) is 1.49. The van der Waals surface area contributed by atoms with Crippen LogP contribution in [0.1, 0.15) is 5.56 Å². The second-order valence-electron chi connectivity index (χ2n) is 6.47. The lowest BCUT2D eigenvalue weighted by Crippen LogP contribution is -2.35. The maximum Gasteiger partial charge on any atom is 0.190 e. The van der Waals surface area contributed by atoms with Crippen molar-refractivity contribution in [3.8, 4) is 11.3 Å². The van der Waals surface area contributed by atoms with Crippen molar-refractivity contribution in [2.45, 2.75) is 13.1 Å². The molecule has 142 valence electrons. The lowest BCUT2D eigenvalue weighted by atomic mass is 10.2. The molecule has 4 aromatic heterocycles. The van der Waals surface area contributed by atoms with E-state index in [0.29, 0.717) is 25.5 Å². The Kier molecular flexibility index (Phi) is 4.11. The maximum atomic E-state index is 5.10. The fourth-order valence-corrected chi connectivity index (χ4v) is 3.13. The molecule has 0 fully saturated rings. The minimum Gasteiger partial charge on any atom is -0.383 e. The number of ether oxygens (including phenoxy) is 1. The van der Waals surface area contributed by atoms with Crippen molar-refractivity contribution in [1.82, 2.24) is 34.9 Å². The quantitative estimate of drug-likeness (QED) is 0.522. The van der Waals surface area contributed by atoms with Crippen molar-refractivity contribution in [3.05, 3.63) is 54.7 Å². The number of hydrogen-bond acceptors (Lipinski definition) is 8. The molecule has 0 unspecified atom stereocenters. The number of methoxy groups -OCH3 is 1. The summed E-state index contributed by atoms with van der Waals surface area (Å²) in [7, 11) is 1.68. The summed E-state index contributed by atoms with van der Waals surface area (Å²) in [4.78, 5) is 9.27. The summed E-state index contributed by atoms with van der Waals surface area (Å²) in [6, 6.07) is 6.12. The van der Waals surface area contributed by atoms with Gasteiger partial charge >= 0.3 is 0 Å². The van der Waals surface area contributed by atoms with Crippen LogP contribution in [0.2, 0.25) is 0 Å². The highest BCUT2D eigenvalue weighted by atomic mass is 16.5. The van der Waals surface area contributed by atoms with Crippen LogP contribution in [0.25, 0.3) is 16.8 Å². The minimum atomic E-state index is 0.611. The smallest absolute Gasteiger partial charge is 0.190 e. The number of nitrogens with one attached hydrogen (secondary N) is 2. The summed E-state index contributed by atoms with van der Waals surface area (Å²) in [5, 5.41) is 10.5. The number of pyridine rings is 1. The molecule has 5 rings (SSSR count). The van der Waals surface area contributed by atoms with Crippen molar-refractivity contribution >= 4 is 17.2 Å². The molecule has 0 radical (unpaired) electrons. The molecule has 5 heterocycles. The third-order valence-electron chi connectivity index (χ3n) is 4.58. The number of aromatic nitrogens is 6. The highest BCUT2D eigenvalue weighted by molar-refractivity contribution is 5.69. The van der Waals surface area contributed by atoms with Gasteiger partial charge in [-0.15, -0.1) is 5.53 Å². The molecule has 28 heavy (non-hydrogen) atoms. The Morgan fingerprint density at radius 1 is 1.18 bits per heavy atom. The Hall–Kier alpha value is -3.50. The number of anilines is 2. The zero-order chi connectivity index (χ0) is 18.9. The van der Waals surface area contributed by atoms with Crippen LogP contribution in [0.5, 0.6) is 0 Å². The number of fused-ring (bicyclic) bond motifs is 2. The van der Waals surface area contributed by atoms with E-state index >= 15 is 0 Å². The summed E-state index contributed by atoms with van der Waals surface area (Å²) in [5.74, 6) is 1.44. The summed E-state index contributed by atoms with van der Waals surface area (Å²) in [5.41, 5.74) is 10.1. The molecule has 0 spiro atoms. The molecular formula is C18H19N9O. The van der Waals surface area contributed by atoms with Crippen LogP contribution in [0.4, 0.5) is 11.6 Å². The fourth-order valence-electron chi connectivity index (χ4n) is 3.13. The van der Waals surface area contributed by atoms with Gasteiger partial charge in [0.05, 0.1) is 43.3 Å². The van der Waals surface area contributed by atoms with E-state index in [1.807, 2.05) is 38.7 Å². The Balaban J connectivity index is 1.39. The van der Waals surface area contributed by atoms with Gasteiger partial charge in [-0.2, -0.15) is 10.2 Å². The van der Waals surface area contributed by atoms with Crippen LogP contribution < -0.4 is 16.0 Å². The number of hydrazine groups is 2. The van der Waals surface area contributed by atoms with Gasteiger partial charge in [0.25, 0.3) is 0 Å². The largest absolute Gasteiger partial charge is 0.383 e. The second kappa shape index (κ2) is 6.91. The lowest BCUT2D eigenvalue weighted by molar-refractivity contribution is 0.183. The molecule has 10 heteroatoms. The Morgan fingerprint density at radius 3 is 3.07 bits per heavy atom. The van der Waals surface area contributed by atoms with Gasteiger partial charge in [0.2, 0.25) is 0 Å². The molecule has 1 aliphatic rings. The van der Waals surface area contributed by atoms with Crippen LogP contribution in [-0.2, 0) is 17.8 Å². The molecule has 0 saturated heterocycles. The van der Waals surface area contributed by atoms with Gasteiger partial charge < -0.3 is 4.74 Å². The van der Waals surface area contributed by atoms with Crippen LogP contribution in [-0.4, -0.2) is 43.1 Å². The standard InChI is InChI=1S/C18H19N9O/c1-28-7-6-25-12-14(9-21-25)16-10-19-17-18(22-16)27(24-23-17)11-13-3-5-26-15(8-13)2-4-20-26/h2-5,8-10,12,24H,6-7,11H2,1H3,(H,19,23). The van der Waals surface area contributed by atoms with E-state index in [1.54, 1.807) is 25.7 Å². The van der Waals surface area contributed by atoms with Crippen LogP contribution in [0.3, 0.4) is 0 Å². The average molecular weight is 377 g/mol. The Bertz CT molecular complexity index is 1120. The van der Waals surface area contributed by atoms with Gasteiger partial charge in [-0.3, -0.25) is 15.1 Å². The molecular weight excluding hydrogens is 358 g/mol. The van der Waals surface area contributed by atoms with Crippen molar-refractivity contribution in [2.24, 2.45) is 0 Å². The van der Waals surface area contributed by atoms with Crippen LogP contribution in [0.15, 0.2) is 49.2 Å². The van der Waals surface area contributed by atoms with Gasteiger partial charge in [0.15, 0.2) is 11.6 Å².